The van der Waals surface area contributed by atoms with Crippen molar-refractivity contribution in [2.24, 2.45) is 0 Å². The summed E-state index contributed by atoms with van der Waals surface area (Å²) in [5.74, 6) is 0.748. The average molecular weight is 431 g/mol. The van der Waals surface area contributed by atoms with E-state index in [2.05, 4.69) is 15.8 Å². The summed E-state index contributed by atoms with van der Waals surface area (Å²) in [4.78, 5) is 0. The quantitative estimate of drug-likeness (QED) is 0.314. The number of rotatable bonds is 6. The van der Waals surface area contributed by atoms with Crippen molar-refractivity contribution in [3.63, 3.8) is 0 Å². The summed E-state index contributed by atoms with van der Waals surface area (Å²) in [5.41, 5.74) is 5.68. The van der Waals surface area contributed by atoms with E-state index in [1.165, 1.54) is 0 Å². The molecule has 0 unspecified atom stereocenters. The number of thiocarbonyl (C=S) groups is 1. The molecule has 0 bridgehead atoms. The second kappa shape index (κ2) is 10.1. The van der Waals surface area contributed by atoms with E-state index in [9.17, 15) is 0 Å². The molecular weight excluding hydrogens is 413 g/mol. The lowest BCUT2D eigenvalue weighted by Gasteiger charge is -2.08. The van der Waals surface area contributed by atoms with Crippen molar-refractivity contribution in [2.75, 3.05) is 5.32 Å². The smallest absolute Gasteiger partial charge is 0.228 e. The van der Waals surface area contributed by atoms with Gasteiger partial charge in [0, 0.05) is 26.9 Å². The molecule has 0 amide bonds. The lowest BCUT2D eigenvalue weighted by molar-refractivity contribution is -0.499. The Morgan fingerprint density at radius 1 is 1.00 bits per heavy atom. The van der Waals surface area contributed by atoms with Gasteiger partial charge in [-0.25, -0.2) is 0 Å². The van der Waals surface area contributed by atoms with Gasteiger partial charge in [-0.15, -0.1) is 10.5 Å². The van der Waals surface area contributed by atoms with Crippen LogP contribution in [0.3, 0.4) is 0 Å². The Bertz CT molecular complexity index is 963. The second-order valence-corrected chi connectivity index (χ2v) is 7.08. The summed E-state index contributed by atoms with van der Waals surface area (Å²) in [5, 5.41) is 7.71. The molecule has 3 aromatic rings. The van der Waals surface area contributed by atoms with Crippen LogP contribution in [-0.2, 0) is 6.61 Å². The second-order valence-electron chi connectivity index (χ2n) is 5.83. The first-order valence-electron chi connectivity index (χ1n) is 8.48. The zero-order chi connectivity index (χ0) is 19.8. The standard InChI is InChI=1S/C21H17Cl2N3OS/c22-17-9-8-16(20(23)12-17)14-27-19-10-6-15(7-11-19)13-24-26-21(28)25-18-4-2-1-3-5-18/h1-13H,14H2,(H2,25,26,28)/p+1. The molecule has 28 heavy (non-hydrogen) atoms. The van der Waals surface area contributed by atoms with Gasteiger partial charge < -0.3 is 10.1 Å². The van der Waals surface area contributed by atoms with Gasteiger partial charge in [-0.3, -0.25) is 0 Å². The van der Waals surface area contributed by atoms with Gasteiger partial charge in [0.2, 0.25) is 5.11 Å². The molecule has 0 aliphatic carbocycles. The molecule has 7 heteroatoms. The molecule has 3 rings (SSSR count). The van der Waals surface area contributed by atoms with Gasteiger partial charge in [0.1, 0.15) is 12.4 Å². The Morgan fingerprint density at radius 2 is 1.75 bits per heavy atom. The van der Waals surface area contributed by atoms with E-state index in [-0.39, 0.29) is 0 Å². The summed E-state index contributed by atoms with van der Waals surface area (Å²) in [6.45, 7) is 0.373. The molecule has 0 atom stereocenters. The first-order valence-corrected chi connectivity index (χ1v) is 9.64. The number of anilines is 1. The summed E-state index contributed by atoms with van der Waals surface area (Å²) in [7, 11) is 0. The van der Waals surface area contributed by atoms with Crippen molar-refractivity contribution in [1.29, 1.82) is 0 Å². The Kier molecular flexibility index (Phi) is 7.25. The van der Waals surface area contributed by atoms with Gasteiger partial charge in [0.25, 0.3) is 0 Å². The SMILES string of the molecule is S=C(N[NH+]=Cc1ccc(OCc2ccc(Cl)cc2Cl)cc1)Nc1ccccc1. The van der Waals surface area contributed by atoms with E-state index < -0.39 is 0 Å². The summed E-state index contributed by atoms with van der Waals surface area (Å²) < 4.78 is 5.77. The molecule has 0 aromatic heterocycles. The molecule has 0 spiro atoms. The summed E-state index contributed by atoms with van der Waals surface area (Å²) in [6, 6.07) is 22.7. The third kappa shape index (κ3) is 6.23. The van der Waals surface area contributed by atoms with Crippen molar-refractivity contribution in [2.45, 2.75) is 6.61 Å². The fraction of sp³-hybridized carbons (Fsp3) is 0.0476. The largest absolute Gasteiger partial charge is 0.489 e. The summed E-state index contributed by atoms with van der Waals surface area (Å²) >= 11 is 17.3. The molecule has 0 heterocycles. The number of halogens is 2. The van der Waals surface area contributed by atoms with Crippen LogP contribution in [0.5, 0.6) is 5.75 Å². The fourth-order valence-corrected chi connectivity index (χ4v) is 2.97. The van der Waals surface area contributed by atoms with Gasteiger partial charge in [-0.05, 0) is 60.7 Å². The lowest BCUT2D eigenvalue weighted by atomic mass is 10.2. The molecule has 3 N–H and O–H groups in total. The Hall–Kier alpha value is -2.60. The van der Waals surface area contributed by atoms with Crippen LogP contribution < -0.4 is 20.6 Å². The van der Waals surface area contributed by atoms with Crippen molar-refractivity contribution < 1.29 is 9.84 Å². The molecule has 0 radical (unpaired) electrons. The molecule has 0 saturated heterocycles. The van der Waals surface area contributed by atoms with E-state index in [1.807, 2.05) is 60.7 Å². The minimum atomic E-state index is 0.373. The zero-order valence-electron chi connectivity index (χ0n) is 14.8. The number of nitrogens with one attached hydrogen (secondary N) is 3. The highest BCUT2D eigenvalue weighted by Crippen LogP contribution is 2.22. The highest BCUT2D eigenvalue weighted by molar-refractivity contribution is 7.80. The van der Waals surface area contributed by atoms with E-state index in [0.717, 1.165) is 22.6 Å². The molecule has 0 aliphatic rings. The maximum atomic E-state index is 6.15. The van der Waals surface area contributed by atoms with E-state index in [1.54, 1.807) is 18.3 Å². The molecule has 0 fully saturated rings. The van der Waals surface area contributed by atoms with E-state index >= 15 is 0 Å². The molecule has 0 saturated carbocycles. The van der Waals surface area contributed by atoms with Crippen LogP contribution >= 0.6 is 35.4 Å². The zero-order valence-corrected chi connectivity index (χ0v) is 17.1. The lowest BCUT2D eigenvalue weighted by Crippen LogP contribution is -2.82. The number of hydrazine groups is 1. The molecular formula is C21H18Cl2N3OS+. The first kappa shape index (κ1) is 20.1. The van der Waals surface area contributed by atoms with Gasteiger partial charge in [0.15, 0.2) is 6.21 Å². The highest BCUT2D eigenvalue weighted by atomic mass is 35.5. The molecule has 4 nitrogen and oxygen atoms in total. The number of para-hydroxylation sites is 1. The Labute approximate surface area is 179 Å². The van der Waals surface area contributed by atoms with Gasteiger partial charge in [-0.1, -0.05) is 47.5 Å². The van der Waals surface area contributed by atoms with Crippen LogP contribution in [0.25, 0.3) is 0 Å². The van der Waals surface area contributed by atoms with Crippen LogP contribution in [0.15, 0.2) is 72.8 Å². The van der Waals surface area contributed by atoms with Crippen molar-refractivity contribution >= 4 is 52.4 Å². The van der Waals surface area contributed by atoms with Crippen LogP contribution in [0, 0.1) is 0 Å². The molecule has 0 aliphatic heterocycles. The van der Waals surface area contributed by atoms with Gasteiger partial charge in [-0.2, -0.15) is 0 Å². The van der Waals surface area contributed by atoms with Gasteiger partial charge >= 0.3 is 0 Å². The molecule has 3 aromatic carbocycles. The van der Waals surface area contributed by atoms with E-state index in [4.69, 9.17) is 40.2 Å². The van der Waals surface area contributed by atoms with Crippen molar-refractivity contribution in [3.05, 3.63) is 94.0 Å². The van der Waals surface area contributed by atoms with Gasteiger partial charge in [0.05, 0.1) is 0 Å². The average Bonchev–Trinajstić information content (AvgIpc) is 2.69. The van der Waals surface area contributed by atoms with Crippen molar-refractivity contribution in [3.8, 4) is 5.75 Å². The third-order valence-corrected chi connectivity index (χ3v) is 4.54. The van der Waals surface area contributed by atoms with Crippen LogP contribution in [0.4, 0.5) is 5.69 Å². The maximum absolute atomic E-state index is 6.15. The minimum Gasteiger partial charge on any atom is -0.489 e. The van der Waals surface area contributed by atoms with Crippen LogP contribution in [0.1, 0.15) is 11.1 Å². The number of benzene rings is 3. The monoisotopic (exact) mass is 430 g/mol. The normalized spacial score (nSPS) is 10.6. The third-order valence-electron chi connectivity index (χ3n) is 3.75. The Balaban J connectivity index is 1.48. The number of hydrazone groups is 1. The number of hydrogen-bond donors (Lipinski definition) is 3. The topological polar surface area (TPSA) is 47.3 Å². The van der Waals surface area contributed by atoms with Crippen LogP contribution in [-0.4, -0.2) is 11.3 Å². The predicted octanol–water partition coefficient (Wildman–Crippen LogP) is 3.97. The van der Waals surface area contributed by atoms with Crippen LogP contribution in [0.2, 0.25) is 10.0 Å². The Morgan fingerprint density at radius 3 is 2.46 bits per heavy atom. The summed E-state index contributed by atoms with van der Waals surface area (Å²) in [6.07, 6.45) is 1.80. The van der Waals surface area contributed by atoms with Crippen molar-refractivity contribution in [1.82, 2.24) is 5.43 Å². The fourth-order valence-electron chi connectivity index (χ4n) is 2.33. The number of ether oxygens (including phenoxy) is 1. The van der Waals surface area contributed by atoms with E-state index in [0.29, 0.717) is 21.8 Å². The number of hydrogen-bond acceptors (Lipinski definition) is 2. The predicted molar refractivity (Wildman–Crippen MR) is 119 cm³/mol. The first-order chi connectivity index (χ1) is 13.6. The minimum absolute atomic E-state index is 0.373. The molecule has 142 valence electrons. The highest BCUT2D eigenvalue weighted by Gasteiger charge is 2.03. The maximum Gasteiger partial charge on any atom is 0.228 e.